The van der Waals surface area contributed by atoms with Crippen LogP contribution in [-0.2, 0) is 35.2 Å². The summed E-state index contributed by atoms with van der Waals surface area (Å²) in [7, 11) is 0. The molecule has 0 N–H and O–H groups in total. The second-order valence-corrected chi connectivity index (χ2v) is 37.0. The molecule has 0 bridgehead atoms. The van der Waals surface area contributed by atoms with E-state index in [4.69, 9.17) is 14.2 Å². The van der Waals surface area contributed by atoms with Gasteiger partial charge in [0.1, 0.15) is 23.1 Å². The Morgan fingerprint density at radius 3 is 1.34 bits per heavy atom. The van der Waals surface area contributed by atoms with E-state index in [9.17, 15) is 10.1 Å². The summed E-state index contributed by atoms with van der Waals surface area (Å²) in [6.45, 7) is 24.1. The Balaban J connectivity index is 1.21. The number of carbonyl (C=O) groups excluding carboxylic acids is 1. The summed E-state index contributed by atoms with van der Waals surface area (Å²) in [6, 6.07) is 22.1. The van der Waals surface area contributed by atoms with E-state index in [1.165, 1.54) is 295 Å². The molecular formula is C90H129NO4S7. The molecule has 0 saturated heterocycles. The van der Waals surface area contributed by atoms with Gasteiger partial charge in [-0.3, -0.25) is 0 Å². The van der Waals surface area contributed by atoms with Crippen molar-refractivity contribution in [2.45, 2.75) is 345 Å². The lowest BCUT2D eigenvalue weighted by atomic mass is 10.0. The summed E-state index contributed by atoms with van der Waals surface area (Å²) in [5.74, 6) is 2.15. The summed E-state index contributed by atoms with van der Waals surface area (Å²) < 4.78 is 22.8. The van der Waals surface area contributed by atoms with E-state index in [1.807, 2.05) is 62.8 Å². The van der Waals surface area contributed by atoms with Gasteiger partial charge in [0.05, 0.1) is 28.7 Å². The van der Waals surface area contributed by atoms with Crippen LogP contribution in [-0.4, -0.2) is 25.3 Å². The zero-order valence-electron chi connectivity index (χ0n) is 64.9. The Morgan fingerprint density at radius 1 is 0.422 bits per heavy atom. The second kappa shape index (κ2) is 46.9. The van der Waals surface area contributed by atoms with Crippen LogP contribution >= 0.6 is 79.4 Å². The number of hydrogen-bond acceptors (Lipinski definition) is 12. The van der Waals surface area contributed by atoms with Crippen molar-refractivity contribution in [2.75, 3.05) is 13.2 Å². The van der Waals surface area contributed by atoms with Crippen molar-refractivity contribution in [3.8, 4) is 66.3 Å². The van der Waals surface area contributed by atoms with Gasteiger partial charge in [-0.2, -0.15) is 5.26 Å². The minimum atomic E-state index is -0.504. The first-order valence-corrected chi connectivity index (χ1v) is 46.9. The fraction of sp³-hybridized carbons (Fsp3) is 0.622. The number of ether oxygens (including phenoxy) is 3. The third-order valence-electron chi connectivity index (χ3n) is 20.7. The smallest absolute Gasteiger partial charge is 0.348 e. The van der Waals surface area contributed by atoms with Crippen LogP contribution in [0.4, 0.5) is 0 Å². The van der Waals surface area contributed by atoms with E-state index in [0.717, 1.165) is 93.6 Å². The van der Waals surface area contributed by atoms with Crippen LogP contribution < -0.4 is 9.47 Å². The summed E-state index contributed by atoms with van der Waals surface area (Å²) in [6.07, 6.45) is 52.4. The quantitative estimate of drug-likeness (QED) is 0.0164. The maximum atomic E-state index is 13.5. The zero-order chi connectivity index (χ0) is 72.3. The van der Waals surface area contributed by atoms with Gasteiger partial charge in [0.25, 0.3) is 0 Å². The van der Waals surface area contributed by atoms with E-state index in [2.05, 4.69) is 135 Å². The predicted molar refractivity (Wildman–Crippen MR) is 458 cm³/mol. The monoisotopic (exact) mass is 1510 g/mol. The lowest BCUT2D eigenvalue weighted by molar-refractivity contribution is -0.138. The molecule has 12 heteroatoms. The van der Waals surface area contributed by atoms with Crippen molar-refractivity contribution < 1.29 is 19.0 Å². The number of esters is 1. The molecule has 0 spiro atoms. The minimum Gasteiger partial charge on any atom is -0.491 e. The predicted octanol–water partition coefficient (Wildman–Crippen LogP) is 32.4. The van der Waals surface area contributed by atoms with Gasteiger partial charge in [-0.15, -0.1) is 79.4 Å². The highest BCUT2D eigenvalue weighted by atomic mass is 32.1. The number of hydrogen-bond donors (Lipinski definition) is 0. The number of nitriles is 1. The van der Waals surface area contributed by atoms with Gasteiger partial charge in [-0.25, -0.2) is 4.79 Å². The van der Waals surface area contributed by atoms with Crippen molar-refractivity contribution in [3.05, 3.63) is 86.1 Å². The molecule has 0 radical (unpaired) electrons. The molecule has 2 atom stereocenters. The molecule has 0 aliphatic rings. The van der Waals surface area contributed by atoms with Crippen LogP contribution in [0.25, 0.3) is 75.0 Å². The molecule has 0 fully saturated rings. The van der Waals surface area contributed by atoms with Crippen LogP contribution in [0.3, 0.4) is 0 Å². The molecule has 7 aromatic heterocycles. The first-order valence-electron chi connectivity index (χ1n) is 41.2. The van der Waals surface area contributed by atoms with E-state index in [-0.39, 0.29) is 11.7 Å². The minimum absolute atomic E-state index is 0.0918. The number of rotatable bonds is 55. The zero-order valence-corrected chi connectivity index (χ0v) is 70.6. The molecule has 1 aromatic carbocycles. The molecule has 8 rings (SSSR count). The van der Waals surface area contributed by atoms with Gasteiger partial charge in [0.2, 0.25) is 0 Å². The average Bonchev–Trinajstić information content (AvgIpc) is 1.57. The SMILES string of the molecule is CCCCCCCCOC(=O)/C(C#N)=C/c1cc(CCCCCCCC)c(-c2cc(CCCCCCCC)c(-c3ccc(-c4sc(-c5sc(-c6cc7c(OC(CC)CCCC)c8sc(C)cc8c(OCC(CC)CCCC)c7s6)cc5CCCCCCCC)cc4CCCCCCCC)s3)s2)s1. The third-order valence-corrected chi connectivity index (χ3v) is 29.5. The number of carbonyl (C=O) groups is 1. The number of thiophene rings is 7. The summed E-state index contributed by atoms with van der Waals surface area (Å²) >= 11 is 13.6. The summed E-state index contributed by atoms with van der Waals surface area (Å²) in [4.78, 5) is 29.6. The van der Waals surface area contributed by atoms with Crippen molar-refractivity contribution >= 4 is 112 Å². The highest BCUT2D eigenvalue weighted by Crippen LogP contribution is 2.55. The maximum Gasteiger partial charge on any atom is 0.348 e. The van der Waals surface area contributed by atoms with Gasteiger partial charge >= 0.3 is 5.97 Å². The largest absolute Gasteiger partial charge is 0.491 e. The Hall–Kier alpha value is -4.06. The van der Waals surface area contributed by atoms with Crippen LogP contribution in [0.2, 0.25) is 0 Å². The van der Waals surface area contributed by atoms with E-state index in [1.54, 1.807) is 11.3 Å². The summed E-state index contributed by atoms with van der Waals surface area (Å²) in [5, 5.41) is 12.9. The first-order chi connectivity index (χ1) is 50.0. The number of aryl methyl sites for hydroxylation is 5. The second-order valence-electron chi connectivity index (χ2n) is 29.3. The van der Waals surface area contributed by atoms with Gasteiger partial charge < -0.3 is 14.2 Å². The number of nitrogens with zero attached hydrogens (tertiary/aromatic N) is 1. The van der Waals surface area contributed by atoms with Crippen molar-refractivity contribution in [2.24, 2.45) is 5.92 Å². The fourth-order valence-electron chi connectivity index (χ4n) is 14.3. The Bertz CT molecular complexity index is 3770. The molecule has 560 valence electrons. The normalized spacial score (nSPS) is 12.6. The molecular weight excluding hydrogens is 1380 g/mol. The topological polar surface area (TPSA) is 68.6 Å². The molecule has 8 aromatic rings. The summed E-state index contributed by atoms with van der Waals surface area (Å²) in [5.41, 5.74) is 5.91. The van der Waals surface area contributed by atoms with Crippen molar-refractivity contribution in [1.82, 2.24) is 0 Å². The number of benzene rings is 1. The van der Waals surface area contributed by atoms with Crippen molar-refractivity contribution in [1.29, 1.82) is 5.26 Å². The standard InChI is InChI=1S/C90H129NO4S7/c1-11-20-27-32-37-42-48-67-57-73(58-71(63-91)90(92)93-55-46-41-36-31-24-15-5)97-86(67)80-60-69(50-44-39-34-29-22-13-3)84(101-80)76-53-54-77(98-76)85-70(51-45-40-35-30-23-14-4)61-81(102-85)87-68(49-43-38-33-28-21-12-2)59-78(99-87)79-62-75-83(95-72(19-9)52-26-17-7)89-74(56-65(10)96-89)82(88(75)100-79)94-64-66(18-8)47-25-16-6/h53-54,56-62,66,72H,11-52,55,64H2,1-10H3/b71-58+. The molecule has 5 nitrogen and oxygen atoms in total. The molecule has 0 aliphatic heterocycles. The Kier molecular flexibility index (Phi) is 38.4. The highest BCUT2D eigenvalue weighted by Gasteiger charge is 2.28. The van der Waals surface area contributed by atoms with Crippen molar-refractivity contribution in [3.63, 3.8) is 0 Å². The Morgan fingerprint density at radius 2 is 0.843 bits per heavy atom. The van der Waals surface area contributed by atoms with E-state index in [0.29, 0.717) is 12.5 Å². The van der Waals surface area contributed by atoms with Crippen LogP contribution in [0.5, 0.6) is 11.5 Å². The number of fused-ring (bicyclic) bond motifs is 2. The van der Waals surface area contributed by atoms with Crippen LogP contribution in [0, 0.1) is 24.2 Å². The van der Waals surface area contributed by atoms with Gasteiger partial charge in [0, 0.05) is 69.3 Å². The fourth-order valence-corrected chi connectivity index (χ4v) is 23.0. The van der Waals surface area contributed by atoms with E-state index < -0.39 is 5.97 Å². The van der Waals surface area contributed by atoms with Crippen LogP contribution in [0.15, 0.2) is 54.1 Å². The van der Waals surface area contributed by atoms with Gasteiger partial charge in [-0.1, -0.05) is 255 Å². The molecule has 0 amide bonds. The third kappa shape index (κ3) is 25.3. The lowest BCUT2D eigenvalue weighted by Crippen LogP contribution is -2.15. The molecule has 2 unspecified atom stereocenters. The maximum absolute atomic E-state index is 13.5. The van der Waals surface area contributed by atoms with Gasteiger partial charge in [-0.05, 0) is 167 Å². The molecule has 0 saturated carbocycles. The first kappa shape index (κ1) is 83.6. The molecule has 0 aliphatic carbocycles. The van der Waals surface area contributed by atoms with Gasteiger partial charge in [0.15, 0.2) is 0 Å². The Labute approximate surface area is 647 Å². The van der Waals surface area contributed by atoms with Crippen LogP contribution in [0.1, 0.15) is 338 Å². The highest BCUT2D eigenvalue weighted by molar-refractivity contribution is 7.31. The average molecular weight is 1510 g/mol. The van der Waals surface area contributed by atoms with E-state index >= 15 is 0 Å². The lowest BCUT2D eigenvalue weighted by Gasteiger charge is -2.21. The number of unbranched alkanes of at least 4 members (excludes halogenated alkanes) is 27. The molecule has 7 heterocycles. The molecule has 102 heavy (non-hydrogen) atoms.